The molecule has 0 atom stereocenters. The summed E-state index contributed by atoms with van der Waals surface area (Å²) in [5, 5.41) is -0.0962. The first-order chi connectivity index (χ1) is 9.06. The number of nitrogens with one attached hydrogen (secondary N) is 1. The van der Waals surface area contributed by atoms with Crippen LogP contribution in [0.5, 0.6) is 0 Å². The van der Waals surface area contributed by atoms with Gasteiger partial charge >= 0.3 is 0 Å². The highest BCUT2D eigenvalue weighted by atomic mass is 35.5. The van der Waals surface area contributed by atoms with Gasteiger partial charge in [0.25, 0.3) is 10.0 Å². The Labute approximate surface area is 116 Å². The van der Waals surface area contributed by atoms with E-state index in [1.807, 2.05) is 0 Å². The van der Waals surface area contributed by atoms with Crippen LogP contribution in [0.1, 0.15) is 12.8 Å². The topological polar surface area (TPSA) is 63.5 Å². The van der Waals surface area contributed by atoms with Crippen LogP contribution >= 0.6 is 11.6 Å². The summed E-state index contributed by atoms with van der Waals surface area (Å²) in [4.78, 5) is 4.00. The molecule has 0 spiro atoms. The van der Waals surface area contributed by atoms with E-state index in [0.29, 0.717) is 18.5 Å². The number of hydrogen-bond acceptors (Lipinski definition) is 3. The van der Waals surface area contributed by atoms with E-state index in [1.165, 1.54) is 4.40 Å². The summed E-state index contributed by atoms with van der Waals surface area (Å²) in [6, 6.07) is 5.15. The maximum absolute atomic E-state index is 12.2. The van der Waals surface area contributed by atoms with Crippen molar-refractivity contribution in [2.24, 2.45) is 0 Å². The fourth-order valence-electron chi connectivity index (χ4n) is 1.65. The van der Waals surface area contributed by atoms with Crippen LogP contribution < -0.4 is 4.72 Å². The van der Waals surface area contributed by atoms with Crippen molar-refractivity contribution in [3.8, 4) is 12.3 Å². The zero-order valence-electron chi connectivity index (χ0n) is 10.0. The molecule has 0 saturated carbocycles. The lowest BCUT2D eigenvalue weighted by Gasteiger charge is -2.05. The van der Waals surface area contributed by atoms with Crippen LogP contribution in [0, 0.1) is 12.3 Å². The third kappa shape index (κ3) is 2.89. The zero-order chi connectivity index (χ0) is 13.9. The molecule has 0 aromatic carbocycles. The van der Waals surface area contributed by atoms with Crippen molar-refractivity contribution in [2.45, 2.75) is 17.9 Å². The molecule has 0 amide bonds. The smallest absolute Gasteiger partial charge is 0.259 e. The Bertz CT molecular complexity index is 731. The highest BCUT2D eigenvalue weighted by molar-refractivity contribution is 7.89. The number of unbranched alkanes of at least 4 members (excludes halogenated alkanes) is 1. The van der Waals surface area contributed by atoms with E-state index in [9.17, 15) is 8.42 Å². The van der Waals surface area contributed by atoms with E-state index >= 15 is 0 Å². The summed E-state index contributed by atoms with van der Waals surface area (Å²) >= 11 is 5.91. The molecule has 2 aromatic heterocycles. The molecule has 5 nitrogen and oxygen atoms in total. The van der Waals surface area contributed by atoms with Gasteiger partial charge in [0.05, 0.1) is 0 Å². The van der Waals surface area contributed by atoms with Gasteiger partial charge in [0.2, 0.25) is 0 Å². The van der Waals surface area contributed by atoms with Crippen LogP contribution in [0.15, 0.2) is 29.4 Å². The Balaban J connectivity index is 2.33. The second-order valence-corrected chi connectivity index (χ2v) is 5.88. The number of rotatable bonds is 5. The van der Waals surface area contributed by atoms with Gasteiger partial charge in [-0.15, -0.1) is 12.3 Å². The van der Waals surface area contributed by atoms with Crippen molar-refractivity contribution < 1.29 is 8.42 Å². The third-order valence-electron chi connectivity index (χ3n) is 2.49. The average Bonchev–Trinajstić information content (AvgIpc) is 2.71. The van der Waals surface area contributed by atoms with Crippen molar-refractivity contribution in [3.63, 3.8) is 0 Å². The molecular formula is C12H12ClN3O2S. The zero-order valence-corrected chi connectivity index (χ0v) is 11.6. The number of imidazole rings is 1. The summed E-state index contributed by atoms with van der Waals surface area (Å²) in [5.41, 5.74) is 0.483. The molecule has 0 radical (unpaired) electrons. The van der Waals surface area contributed by atoms with Crippen LogP contribution in [-0.2, 0) is 10.0 Å². The lowest BCUT2D eigenvalue weighted by atomic mass is 10.3. The van der Waals surface area contributed by atoms with Crippen LogP contribution in [-0.4, -0.2) is 24.3 Å². The molecular weight excluding hydrogens is 286 g/mol. The number of pyridine rings is 1. The maximum atomic E-state index is 12.2. The van der Waals surface area contributed by atoms with Gasteiger partial charge < -0.3 is 0 Å². The van der Waals surface area contributed by atoms with E-state index in [-0.39, 0.29) is 16.7 Å². The predicted octanol–water partition coefficient (Wildman–Crippen LogP) is 1.68. The summed E-state index contributed by atoms with van der Waals surface area (Å²) in [6.07, 6.45) is 7.80. The minimum atomic E-state index is -3.70. The molecule has 0 fully saturated rings. The number of terminal acetylenes is 1. The molecule has 0 bridgehead atoms. The number of sulfonamides is 1. The number of aromatic nitrogens is 2. The highest BCUT2D eigenvalue weighted by Crippen LogP contribution is 2.22. The molecule has 0 aliphatic carbocycles. The van der Waals surface area contributed by atoms with E-state index in [0.717, 1.165) is 0 Å². The Kier molecular flexibility index (Phi) is 4.10. The number of hydrogen-bond donors (Lipinski definition) is 1. The molecule has 0 aliphatic rings. The third-order valence-corrected chi connectivity index (χ3v) is 4.35. The molecule has 0 unspecified atom stereocenters. The van der Waals surface area contributed by atoms with Crippen molar-refractivity contribution in [2.75, 3.05) is 6.54 Å². The molecule has 2 rings (SSSR count). The molecule has 0 saturated heterocycles. The van der Waals surface area contributed by atoms with Gasteiger partial charge in [-0.3, -0.25) is 4.40 Å². The fraction of sp³-hybridized carbons (Fsp3) is 0.250. The Morgan fingerprint density at radius 1 is 1.47 bits per heavy atom. The molecule has 2 aromatic rings. The van der Waals surface area contributed by atoms with Crippen molar-refractivity contribution >= 4 is 27.3 Å². The first-order valence-electron chi connectivity index (χ1n) is 5.62. The van der Waals surface area contributed by atoms with Crippen molar-refractivity contribution in [3.05, 3.63) is 29.5 Å². The van der Waals surface area contributed by atoms with Gasteiger partial charge in [0.1, 0.15) is 5.65 Å². The number of halogens is 1. The van der Waals surface area contributed by atoms with Crippen LogP contribution in [0.25, 0.3) is 5.65 Å². The van der Waals surface area contributed by atoms with Crippen LogP contribution in [0.3, 0.4) is 0 Å². The molecule has 100 valence electrons. The lowest BCUT2D eigenvalue weighted by Crippen LogP contribution is -2.26. The fourth-order valence-corrected chi connectivity index (χ4v) is 3.36. The van der Waals surface area contributed by atoms with Gasteiger partial charge in [-0.05, 0) is 18.6 Å². The first-order valence-corrected chi connectivity index (χ1v) is 7.48. The van der Waals surface area contributed by atoms with Gasteiger partial charge in [-0.2, -0.15) is 0 Å². The molecule has 19 heavy (non-hydrogen) atoms. The second-order valence-electron chi connectivity index (χ2n) is 3.84. The summed E-state index contributed by atoms with van der Waals surface area (Å²) in [6.45, 7) is 0.267. The average molecular weight is 298 g/mol. The SMILES string of the molecule is C#CCCCNS(=O)(=O)c1c(Cl)nc2ccccn12. The van der Waals surface area contributed by atoms with Gasteiger partial charge in [0, 0.05) is 19.2 Å². The molecule has 1 N–H and O–H groups in total. The van der Waals surface area contributed by atoms with Crippen LogP contribution in [0.2, 0.25) is 5.15 Å². The largest absolute Gasteiger partial charge is 0.288 e. The van der Waals surface area contributed by atoms with Crippen LogP contribution in [0.4, 0.5) is 0 Å². The Morgan fingerprint density at radius 2 is 2.26 bits per heavy atom. The second kappa shape index (κ2) is 5.61. The molecule has 0 aliphatic heterocycles. The summed E-state index contributed by atoms with van der Waals surface area (Å²) in [5.74, 6) is 2.45. The van der Waals surface area contributed by atoms with Gasteiger partial charge in [0.15, 0.2) is 10.2 Å². The molecule has 2 heterocycles. The summed E-state index contributed by atoms with van der Waals surface area (Å²) in [7, 11) is -3.70. The van der Waals surface area contributed by atoms with E-state index in [1.54, 1.807) is 24.4 Å². The minimum Gasteiger partial charge on any atom is -0.288 e. The Morgan fingerprint density at radius 3 is 3.00 bits per heavy atom. The van der Waals surface area contributed by atoms with Crippen molar-refractivity contribution in [1.29, 1.82) is 0 Å². The molecule has 7 heteroatoms. The Hall–Kier alpha value is -1.55. The lowest BCUT2D eigenvalue weighted by molar-refractivity contribution is 0.575. The normalized spacial score (nSPS) is 11.6. The van der Waals surface area contributed by atoms with Crippen molar-refractivity contribution in [1.82, 2.24) is 14.1 Å². The highest BCUT2D eigenvalue weighted by Gasteiger charge is 2.23. The monoisotopic (exact) mass is 297 g/mol. The van der Waals surface area contributed by atoms with E-state index in [2.05, 4.69) is 15.6 Å². The maximum Gasteiger partial charge on any atom is 0.259 e. The number of nitrogens with zero attached hydrogens (tertiary/aromatic N) is 2. The summed E-state index contributed by atoms with van der Waals surface area (Å²) < 4.78 is 28.3. The standard InChI is InChI=1S/C12H12ClN3O2S/c1-2-3-5-8-14-19(17,18)12-11(13)15-10-7-4-6-9-16(10)12/h1,4,6-7,9,14H,3,5,8H2. The van der Waals surface area contributed by atoms with E-state index in [4.69, 9.17) is 18.0 Å². The quantitative estimate of drug-likeness (QED) is 0.674. The first kappa shape index (κ1) is 13.9. The minimum absolute atomic E-state index is 0.0457. The van der Waals surface area contributed by atoms with Gasteiger partial charge in [-0.25, -0.2) is 18.1 Å². The van der Waals surface area contributed by atoms with E-state index < -0.39 is 10.0 Å². The predicted molar refractivity (Wildman–Crippen MR) is 73.5 cm³/mol. The van der Waals surface area contributed by atoms with Gasteiger partial charge in [-0.1, -0.05) is 17.7 Å². The number of fused-ring (bicyclic) bond motifs is 1.